The highest BCUT2D eigenvalue weighted by Gasteiger charge is 2.12. The third-order valence-electron chi connectivity index (χ3n) is 4.89. The highest BCUT2D eigenvalue weighted by atomic mass is 16.5. The van der Waals surface area contributed by atoms with Crippen LogP contribution in [0.2, 0.25) is 0 Å². The van der Waals surface area contributed by atoms with Gasteiger partial charge in [0.05, 0.1) is 19.8 Å². The van der Waals surface area contributed by atoms with E-state index in [1.54, 1.807) is 0 Å². The molecule has 0 aliphatic carbocycles. The van der Waals surface area contributed by atoms with Gasteiger partial charge in [-0.25, -0.2) is 0 Å². The second kappa shape index (κ2) is 11.6. The third-order valence-corrected chi connectivity index (χ3v) is 4.89. The Balaban J connectivity index is 1.45. The van der Waals surface area contributed by atoms with Crippen LogP contribution in [0.5, 0.6) is 5.75 Å². The van der Waals surface area contributed by atoms with Crippen molar-refractivity contribution < 1.29 is 14.3 Å². The Bertz CT molecular complexity index is 775. The first-order valence-corrected chi connectivity index (χ1v) is 10.3. The van der Waals surface area contributed by atoms with Crippen molar-refractivity contribution in [3.8, 4) is 5.75 Å². The fraction of sp³-hybridized carbons (Fsp3) is 0.435. The van der Waals surface area contributed by atoms with Gasteiger partial charge >= 0.3 is 0 Å². The highest BCUT2D eigenvalue weighted by Crippen LogP contribution is 2.18. The number of ether oxygens (including phenoxy) is 2. The molecule has 2 aromatic carbocycles. The summed E-state index contributed by atoms with van der Waals surface area (Å²) in [7, 11) is 0. The lowest BCUT2D eigenvalue weighted by molar-refractivity contribution is -0.116. The summed E-state index contributed by atoms with van der Waals surface area (Å²) in [5.41, 5.74) is 3.11. The minimum atomic E-state index is 0.0484. The fourth-order valence-electron chi connectivity index (χ4n) is 3.35. The van der Waals surface area contributed by atoms with E-state index >= 15 is 0 Å². The molecule has 3 rings (SSSR count). The molecule has 0 aromatic heterocycles. The van der Waals surface area contributed by atoms with E-state index in [4.69, 9.17) is 9.47 Å². The quantitative estimate of drug-likeness (QED) is 0.645. The monoisotopic (exact) mass is 397 g/mol. The first-order valence-electron chi connectivity index (χ1n) is 10.3. The van der Waals surface area contributed by atoms with Crippen molar-refractivity contribution in [3.05, 3.63) is 59.7 Å². The number of benzene rings is 2. The zero-order valence-corrected chi connectivity index (χ0v) is 17.2. The Labute approximate surface area is 173 Å². The lowest BCUT2D eigenvalue weighted by Gasteiger charge is -2.26. The number of rotatable bonds is 10. The topological polar surface area (TPSA) is 62.8 Å². The number of hydrogen-bond donors (Lipinski definition) is 2. The number of anilines is 1. The zero-order valence-electron chi connectivity index (χ0n) is 17.2. The Morgan fingerprint density at radius 3 is 2.76 bits per heavy atom. The van der Waals surface area contributed by atoms with Crippen molar-refractivity contribution >= 4 is 11.6 Å². The minimum absolute atomic E-state index is 0.0484. The molecule has 0 spiro atoms. The van der Waals surface area contributed by atoms with Crippen molar-refractivity contribution in [1.82, 2.24) is 10.2 Å². The second-order valence-electron chi connectivity index (χ2n) is 7.10. The highest BCUT2D eigenvalue weighted by molar-refractivity contribution is 5.90. The van der Waals surface area contributed by atoms with E-state index in [1.165, 1.54) is 0 Å². The summed E-state index contributed by atoms with van der Waals surface area (Å²) in [5.74, 6) is 0.969. The van der Waals surface area contributed by atoms with E-state index in [0.29, 0.717) is 13.0 Å². The average Bonchev–Trinajstić information content (AvgIpc) is 2.75. The molecule has 2 aromatic rings. The SMILES string of the molecule is CCOc1ccccc1CNCc1cccc(NC(=O)CCN2CCOCC2)c1. The molecule has 0 unspecified atom stereocenters. The number of carbonyl (C=O) groups is 1. The number of amides is 1. The van der Waals surface area contributed by atoms with E-state index in [0.717, 1.165) is 68.5 Å². The Morgan fingerprint density at radius 1 is 1.10 bits per heavy atom. The molecule has 1 amide bonds. The predicted octanol–water partition coefficient (Wildman–Crippen LogP) is 3.04. The van der Waals surface area contributed by atoms with Gasteiger partial charge in [-0.1, -0.05) is 30.3 Å². The van der Waals surface area contributed by atoms with E-state index in [-0.39, 0.29) is 5.91 Å². The molecule has 1 fully saturated rings. The largest absolute Gasteiger partial charge is 0.494 e. The minimum Gasteiger partial charge on any atom is -0.494 e. The summed E-state index contributed by atoms with van der Waals surface area (Å²) < 4.78 is 11.0. The standard InChI is InChI=1S/C23H31N3O3/c1-2-29-22-9-4-3-7-20(22)18-24-17-19-6-5-8-21(16-19)25-23(27)10-11-26-12-14-28-15-13-26/h3-9,16,24H,2,10-15,17-18H2,1H3,(H,25,27). The van der Waals surface area contributed by atoms with Gasteiger partial charge < -0.3 is 20.1 Å². The Morgan fingerprint density at radius 2 is 1.93 bits per heavy atom. The van der Waals surface area contributed by atoms with E-state index in [9.17, 15) is 4.79 Å². The maximum absolute atomic E-state index is 12.3. The number of nitrogens with zero attached hydrogens (tertiary/aromatic N) is 1. The van der Waals surface area contributed by atoms with E-state index in [2.05, 4.69) is 27.7 Å². The molecule has 0 bridgehead atoms. The van der Waals surface area contributed by atoms with Gasteiger partial charge in [0.15, 0.2) is 0 Å². The van der Waals surface area contributed by atoms with Gasteiger partial charge in [-0.15, -0.1) is 0 Å². The summed E-state index contributed by atoms with van der Waals surface area (Å²) in [5, 5.41) is 6.47. The van der Waals surface area contributed by atoms with Gasteiger partial charge in [-0.3, -0.25) is 9.69 Å². The molecule has 1 aliphatic rings. The molecule has 1 aliphatic heterocycles. The molecule has 156 valence electrons. The smallest absolute Gasteiger partial charge is 0.225 e. The van der Waals surface area contributed by atoms with Gasteiger partial charge in [-0.05, 0) is 30.7 Å². The predicted molar refractivity (Wildman–Crippen MR) is 115 cm³/mol. The molecule has 1 saturated heterocycles. The van der Waals surface area contributed by atoms with Crippen LogP contribution in [0, 0.1) is 0 Å². The van der Waals surface area contributed by atoms with Crippen molar-refractivity contribution in [1.29, 1.82) is 0 Å². The van der Waals surface area contributed by atoms with Crippen LogP contribution >= 0.6 is 0 Å². The maximum atomic E-state index is 12.3. The summed E-state index contributed by atoms with van der Waals surface area (Å²) >= 11 is 0. The number of nitrogens with one attached hydrogen (secondary N) is 2. The average molecular weight is 398 g/mol. The molecule has 0 atom stereocenters. The van der Waals surface area contributed by atoms with Gasteiger partial charge in [0.1, 0.15) is 5.75 Å². The van der Waals surface area contributed by atoms with Crippen molar-refractivity contribution in [2.75, 3.05) is 44.8 Å². The number of morpholine rings is 1. The van der Waals surface area contributed by atoms with Crippen LogP contribution in [0.25, 0.3) is 0 Å². The molecule has 2 N–H and O–H groups in total. The van der Waals surface area contributed by atoms with Crippen molar-refractivity contribution in [3.63, 3.8) is 0 Å². The first-order chi connectivity index (χ1) is 14.2. The van der Waals surface area contributed by atoms with Crippen LogP contribution in [0.15, 0.2) is 48.5 Å². The lowest BCUT2D eigenvalue weighted by Crippen LogP contribution is -2.38. The number of carbonyl (C=O) groups excluding carboxylic acids is 1. The van der Waals surface area contributed by atoms with Crippen LogP contribution < -0.4 is 15.4 Å². The van der Waals surface area contributed by atoms with Crippen molar-refractivity contribution in [2.24, 2.45) is 0 Å². The van der Waals surface area contributed by atoms with Crippen LogP contribution in [-0.4, -0.2) is 50.3 Å². The first kappa shape index (κ1) is 21.3. The molecule has 0 saturated carbocycles. The molecular formula is C23H31N3O3. The summed E-state index contributed by atoms with van der Waals surface area (Å²) in [6.07, 6.45) is 0.497. The van der Waals surface area contributed by atoms with Crippen LogP contribution in [0.3, 0.4) is 0 Å². The van der Waals surface area contributed by atoms with Gasteiger partial charge in [0, 0.05) is 50.4 Å². The number of hydrogen-bond acceptors (Lipinski definition) is 5. The maximum Gasteiger partial charge on any atom is 0.225 e. The number of para-hydroxylation sites is 1. The Kier molecular flexibility index (Phi) is 8.49. The normalized spacial score (nSPS) is 14.5. The molecule has 0 radical (unpaired) electrons. The lowest BCUT2D eigenvalue weighted by atomic mass is 10.1. The summed E-state index contributed by atoms with van der Waals surface area (Å²) in [4.78, 5) is 14.5. The van der Waals surface area contributed by atoms with E-state index < -0.39 is 0 Å². The zero-order chi connectivity index (χ0) is 20.3. The van der Waals surface area contributed by atoms with Crippen LogP contribution in [0.4, 0.5) is 5.69 Å². The molecule has 6 nitrogen and oxygen atoms in total. The third kappa shape index (κ3) is 7.16. The Hall–Kier alpha value is -2.41. The van der Waals surface area contributed by atoms with Gasteiger partial charge in [0.2, 0.25) is 5.91 Å². The van der Waals surface area contributed by atoms with Crippen LogP contribution in [0.1, 0.15) is 24.5 Å². The molecule has 29 heavy (non-hydrogen) atoms. The molecule has 1 heterocycles. The molecule has 6 heteroatoms. The van der Waals surface area contributed by atoms with Gasteiger partial charge in [0.25, 0.3) is 0 Å². The molecular weight excluding hydrogens is 366 g/mol. The van der Waals surface area contributed by atoms with E-state index in [1.807, 2.05) is 43.3 Å². The summed E-state index contributed by atoms with van der Waals surface area (Å²) in [6, 6.07) is 16.1. The second-order valence-corrected chi connectivity index (χ2v) is 7.10. The van der Waals surface area contributed by atoms with Crippen molar-refractivity contribution in [2.45, 2.75) is 26.4 Å². The fourth-order valence-corrected chi connectivity index (χ4v) is 3.35. The summed E-state index contributed by atoms with van der Waals surface area (Å²) in [6.45, 7) is 8.19. The van der Waals surface area contributed by atoms with Crippen LogP contribution in [-0.2, 0) is 22.6 Å². The van der Waals surface area contributed by atoms with Gasteiger partial charge in [-0.2, -0.15) is 0 Å².